The number of fused-ring (bicyclic) bond motifs is 9. The maximum absolute atomic E-state index is 14.3. The van der Waals surface area contributed by atoms with Gasteiger partial charge in [-0.1, -0.05) is 64.3 Å². The fraction of sp³-hybridized carbons (Fsp3) is 0.857. The zero-order chi connectivity index (χ0) is 27.0. The second kappa shape index (κ2) is 8.01. The number of hydrogen-bond donors (Lipinski definition) is 1. The standard InChI is InChI=1S/C35H52O3/c1-19(2)29-23-11-10-21(4)30-22-14-34(7,26(30)16-33(23,6)17-27(29)36)35(15-22)25-13-24-20(3)9-8-12-32(24,5)18-28(25)38-31(35)37/h9,19,21-25,27-29,36H,8,10-18H2,1-7H3/t21-,22-,23-,24+,25+,27+,28-,29+,32-,33-,34-,35-/m0/s1. The highest BCUT2D eigenvalue weighted by atomic mass is 16.6. The van der Waals surface area contributed by atoms with Gasteiger partial charge in [-0.05, 0) is 117 Å². The van der Waals surface area contributed by atoms with Crippen LogP contribution in [0, 0.1) is 63.1 Å². The van der Waals surface area contributed by atoms with Crippen LogP contribution >= 0.6 is 0 Å². The van der Waals surface area contributed by atoms with Crippen LogP contribution in [0.1, 0.15) is 113 Å². The molecule has 0 aromatic carbocycles. The minimum atomic E-state index is -0.348. The van der Waals surface area contributed by atoms with E-state index < -0.39 is 0 Å². The molecule has 0 aromatic rings. The second-order valence-corrected chi connectivity index (χ2v) is 16.5. The van der Waals surface area contributed by atoms with E-state index in [1.54, 1.807) is 16.7 Å². The summed E-state index contributed by atoms with van der Waals surface area (Å²) >= 11 is 0. The molecule has 4 fully saturated rings. The molecule has 3 nitrogen and oxygen atoms in total. The van der Waals surface area contributed by atoms with Gasteiger partial charge in [-0.2, -0.15) is 0 Å². The summed E-state index contributed by atoms with van der Waals surface area (Å²) in [7, 11) is 0. The van der Waals surface area contributed by atoms with Crippen molar-refractivity contribution in [2.45, 2.75) is 125 Å². The number of allylic oxidation sites excluding steroid dienone is 4. The summed E-state index contributed by atoms with van der Waals surface area (Å²) in [5.41, 5.74) is 4.89. The van der Waals surface area contributed by atoms with Crippen molar-refractivity contribution in [3.8, 4) is 0 Å². The van der Waals surface area contributed by atoms with Crippen molar-refractivity contribution in [3.05, 3.63) is 22.8 Å². The lowest BCUT2D eigenvalue weighted by molar-refractivity contribution is -0.153. The van der Waals surface area contributed by atoms with Crippen molar-refractivity contribution in [1.82, 2.24) is 0 Å². The summed E-state index contributed by atoms with van der Waals surface area (Å²) in [6, 6.07) is 0. The van der Waals surface area contributed by atoms with E-state index in [0.29, 0.717) is 41.4 Å². The van der Waals surface area contributed by atoms with Crippen molar-refractivity contribution in [1.29, 1.82) is 0 Å². The van der Waals surface area contributed by atoms with E-state index >= 15 is 0 Å². The molecule has 7 aliphatic rings. The molecule has 0 unspecified atom stereocenters. The minimum absolute atomic E-state index is 0.0937. The number of ether oxygens (including phenoxy) is 1. The van der Waals surface area contributed by atoms with Crippen LogP contribution in [-0.2, 0) is 9.53 Å². The number of carbonyl (C=O) groups excluding carboxylic acids is 1. The summed E-state index contributed by atoms with van der Waals surface area (Å²) in [6.07, 6.45) is 13.6. The van der Waals surface area contributed by atoms with Crippen molar-refractivity contribution in [3.63, 3.8) is 0 Å². The van der Waals surface area contributed by atoms with Crippen LogP contribution in [0.2, 0.25) is 0 Å². The van der Waals surface area contributed by atoms with Gasteiger partial charge in [0.15, 0.2) is 0 Å². The Hall–Kier alpha value is -1.09. The van der Waals surface area contributed by atoms with E-state index in [9.17, 15) is 9.90 Å². The highest BCUT2D eigenvalue weighted by Crippen LogP contribution is 2.77. The third-order valence-corrected chi connectivity index (χ3v) is 14.4. The van der Waals surface area contributed by atoms with E-state index in [4.69, 9.17) is 4.74 Å². The lowest BCUT2D eigenvalue weighted by Gasteiger charge is -2.54. The quantitative estimate of drug-likeness (QED) is 0.283. The van der Waals surface area contributed by atoms with E-state index in [1.807, 2.05) is 0 Å². The molecule has 3 saturated carbocycles. The molecule has 38 heavy (non-hydrogen) atoms. The molecule has 0 amide bonds. The Balaban J connectivity index is 1.30. The Morgan fingerprint density at radius 3 is 2.53 bits per heavy atom. The van der Waals surface area contributed by atoms with Crippen LogP contribution in [0.5, 0.6) is 0 Å². The molecular weight excluding hydrogens is 468 g/mol. The smallest absolute Gasteiger partial charge is 0.313 e. The van der Waals surface area contributed by atoms with E-state index in [-0.39, 0.29) is 39.8 Å². The maximum Gasteiger partial charge on any atom is 0.313 e. The average Bonchev–Trinajstić information content (AvgIpc) is 3.45. The van der Waals surface area contributed by atoms with Gasteiger partial charge in [0.25, 0.3) is 0 Å². The molecule has 2 bridgehead atoms. The molecule has 7 rings (SSSR count). The Bertz CT molecular complexity index is 1120. The fourth-order valence-corrected chi connectivity index (χ4v) is 12.8. The summed E-state index contributed by atoms with van der Waals surface area (Å²) < 4.78 is 6.49. The molecule has 1 spiro atoms. The lowest BCUT2D eigenvalue weighted by atomic mass is 9.47. The van der Waals surface area contributed by atoms with Crippen LogP contribution in [-0.4, -0.2) is 23.3 Å². The van der Waals surface area contributed by atoms with Crippen LogP contribution in [0.3, 0.4) is 0 Å². The zero-order valence-corrected chi connectivity index (χ0v) is 25.1. The molecule has 6 aliphatic carbocycles. The van der Waals surface area contributed by atoms with Gasteiger partial charge in [-0.3, -0.25) is 4.79 Å². The van der Waals surface area contributed by atoms with Gasteiger partial charge in [0.05, 0.1) is 11.5 Å². The first-order chi connectivity index (χ1) is 17.8. The van der Waals surface area contributed by atoms with Gasteiger partial charge < -0.3 is 9.84 Å². The Labute approximate surface area is 231 Å². The number of carbonyl (C=O) groups is 1. The first kappa shape index (κ1) is 25.8. The Morgan fingerprint density at radius 2 is 1.79 bits per heavy atom. The maximum atomic E-state index is 14.3. The molecule has 3 heteroatoms. The van der Waals surface area contributed by atoms with E-state index in [0.717, 1.165) is 38.5 Å². The molecular formula is C35H52O3. The first-order valence-corrected chi connectivity index (χ1v) is 16.1. The average molecular weight is 521 g/mol. The third kappa shape index (κ3) is 3.04. The Morgan fingerprint density at radius 1 is 1.03 bits per heavy atom. The molecule has 1 N–H and O–H groups in total. The Kier molecular flexibility index (Phi) is 5.45. The van der Waals surface area contributed by atoms with Crippen molar-refractivity contribution in [2.75, 3.05) is 0 Å². The third-order valence-electron chi connectivity index (χ3n) is 14.4. The minimum Gasteiger partial charge on any atom is -0.462 e. The predicted molar refractivity (Wildman–Crippen MR) is 151 cm³/mol. The van der Waals surface area contributed by atoms with Crippen molar-refractivity contribution in [2.24, 2.45) is 63.1 Å². The SMILES string of the molecule is CC1=CCC[C@@]2(C)C[C@@H]3OC(=O)[C@]4(C[C@@H]5C[C@@]4(C)C4=C5[C@@H](C)CC[C@H]5[C@@H](C(C)C)[C@H](O)C[C@]5(C)C4)[C@@H]3C[C@H]12. The van der Waals surface area contributed by atoms with Crippen LogP contribution in [0.4, 0.5) is 0 Å². The van der Waals surface area contributed by atoms with Crippen molar-refractivity contribution < 1.29 is 14.6 Å². The van der Waals surface area contributed by atoms with E-state index in [2.05, 4.69) is 54.5 Å². The van der Waals surface area contributed by atoms with Gasteiger partial charge >= 0.3 is 5.97 Å². The number of esters is 1. The normalized spacial score (nSPS) is 55.3. The van der Waals surface area contributed by atoms with Crippen LogP contribution < -0.4 is 0 Å². The molecule has 210 valence electrons. The first-order valence-electron chi connectivity index (χ1n) is 16.1. The van der Waals surface area contributed by atoms with Gasteiger partial charge in [-0.25, -0.2) is 0 Å². The summed E-state index contributed by atoms with van der Waals surface area (Å²) in [4.78, 5) is 14.3. The predicted octanol–water partition coefficient (Wildman–Crippen LogP) is 7.88. The summed E-state index contributed by atoms with van der Waals surface area (Å²) in [5, 5.41) is 11.3. The fourth-order valence-electron chi connectivity index (χ4n) is 12.8. The molecule has 12 atom stereocenters. The monoisotopic (exact) mass is 520 g/mol. The highest BCUT2D eigenvalue weighted by molar-refractivity contribution is 5.83. The molecule has 1 heterocycles. The lowest BCUT2D eigenvalue weighted by Crippen LogP contribution is -2.52. The van der Waals surface area contributed by atoms with E-state index in [1.165, 1.54) is 25.7 Å². The van der Waals surface area contributed by atoms with Gasteiger partial charge in [0.2, 0.25) is 0 Å². The molecule has 0 radical (unpaired) electrons. The second-order valence-electron chi connectivity index (χ2n) is 16.5. The van der Waals surface area contributed by atoms with Crippen LogP contribution in [0.25, 0.3) is 0 Å². The summed E-state index contributed by atoms with van der Waals surface area (Å²) in [5.74, 6) is 3.70. The molecule has 0 aromatic heterocycles. The van der Waals surface area contributed by atoms with Crippen LogP contribution in [0.15, 0.2) is 22.8 Å². The molecule has 1 aliphatic heterocycles. The molecule has 1 saturated heterocycles. The van der Waals surface area contributed by atoms with Gasteiger partial charge in [-0.15, -0.1) is 0 Å². The van der Waals surface area contributed by atoms with Gasteiger partial charge in [0.1, 0.15) is 6.10 Å². The van der Waals surface area contributed by atoms with Crippen molar-refractivity contribution >= 4 is 5.97 Å². The number of rotatable bonds is 1. The van der Waals surface area contributed by atoms with Gasteiger partial charge in [0, 0.05) is 11.3 Å². The number of aliphatic hydroxyl groups excluding tert-OH is 1. The number of hydrogen-bond acceptors (Lipinski definition) is 3. The topological polar surface area (TPSA) is 46.5 Å². The summed E-state index contributed by atoms with van der Waals surface area (Å²) in [6.45, 7) is 16.9. The zero-order valence-electron chi connectivity index (χ0n) is 25.1. The largest absolute Gasteiger partial charge is 0.462 e. The number of aliphatic hydroxyl groups is 1. The highest BCUT2D eigenvalue weighted by Gasteiger charge is 2.75.